The van der Waals surface area contributed by atoms with Crippen LogP contribution in [0.15, 0.2) is 18.2 Å². The fourth-order valence-corrected chi connectivity index (χ4v) is 3.70. The Morgan fingerprint density at radius 3 is 3.15 bits per heavy atom. The number of imidazole rings is 1. The number of halogens is 1. The van der Waals surface area contributed by atoms with E-state index in [4.69, 9.17) is 4.98 Å². The minimum absolute atomic E-state index is 0.187. The molecule has 1 aliphatic rings. The highest BCUT2D eigenvalue weighted by Crippen LogP contribution is 2.20. The zero-order chi connectivity index (χ0) is 13.9. The number of rotatable bonds is 4. The van der Waals surface area contributed by atoms with Crippen molar-refractivity contribution in [1.29, 1.82) is 0 Å². The number of thioether (sulfide) groups is 1. The lowest BCUT2D eigenvalue weighted by atomic mass is 10.2. The van der Waals surface area contributed by atoms with Gasteiger partial charge in [0.1, 0.15) is 11.6 Å². The van der Waals surface area contributed by atoms with E-state index in [0.29, 0.717) is 6.04 Å². The molecule has 1 atom stereocenters. The Bertz CT molecular complexity index is 590. The Balaban J connectivity index is 1.93. The van der Waals surface area contributed by atoms with Gasteiger partial charge in [0.15, 0.2) is 0 Å². The van der Waals surface area contributed by atoms with Gasteiger partial charge in [-0.05, 0) is 24.6 Å². The zero-order valence-corrected chi connectivity index (χ0v) is 12.5. The highest BCUT2D eigenvalue weighted by molar-refractivity contribution is 7.99. The lowest BCUT2D eigenvalue weighted by molar-refractivity contribution is 0.531. The third-order valence-electron chi connectivity index (χ3n) is 3.66. The average Bonchev–Trinajstić information content (AvgIpc) is 2.78. The fourth-order valence-electron chi connectivity index (χ4n) is 2.75. The van der Waals surface area contributed by atoms with Crippen molar-refractivity contribution in [2.45, 2.75) is 32.4 Å². The second-order valence-electron chi connectivity index (χ2n) is 5.24. The summed E-state index contributed by atoms with van der Waals surface area (Å²) in [7, 11) is 0. The van der Waals surface area contributed by atoms with Crippen LogP contribution in [0.25, 0.3) is 11.0 Å². The van der Waals surface area contributed by atoms with E-state index in [-0.39, 0.29) is 5.82 Å². The number of nitrogens with zero attached hydrogens (tertiary/aromatic N) is 2. The molecule has 0 saturated carbocycles. The Labute approximate surface area is 123 Å². The standard InChI is InChI=1S/C15H20FN3S/c1-2-6-19-14-8-11(16)3-4-13(14)18-15(19)9-12-10-20-7-5-17-12/h3-4,8,12,17H,2,5-7,9-10H2,1H3. The van der Waals surface area contributed by atoms with Crippen molar-refractivity contribution < 1.29 is 4.39 Å². The first kappa shape index (κ1) is 13.9. The molecule has 5 heteroatoms. The molecule has 1 aromatic carbocycles. The molecular formula is C15H20FN3S. The molecule has 0 radical (unpaired) electrons. The van der Waals surface area contributed by atoms with Crippen LogP contribution in [0.1, 0.15) is 19.2 Å². The summed E-state index contributed by atoms with van der Waals surface area (Å²) in [5.74, 6) is 3.21. The molecule has 20 heavy (non-hydrogen) atoms. The summed E-state index contributed by atoms with van der Waals surface area (Å²) in [6.45, 7) is 4.11. The quantitative estimate of drug-likeness (QED) is 0.940. The predicted molar refractivity (Wildman–Crippen MR) is 82.8 cm³/mol. The van der Waals surface area contributed by atoms with E-state index in [1.807, 2.05) is 11.8 Å². The summed E-state index contributed by atoms with van der Waals surface area (Å²) in [6, 6.07) is 5.35. The largest absolute Gasteiger partial charge is 0.328 e. The van der Waals surface area contributed by atoms with Crippen LogP contribution >= 0.6 is 11.8 Å². The van der Waals surface area contributed by atoms with Crippen LogP contribution in [0.2, 0.25) is 0 Å². The van der Waals surface area contributed by atoms with Gasteiger partial charge in [-0.15, -0.1) is 0 Å². The Kier molecular flexibility index (Phi) is 4.27. The second-order valence-corrected chi connectivity index (χ2v) is 6.39. The molecular weight excluding hydrogens is 273 g/mol. The first-order valence-corrected chi connectivity index (χ1v) is 8.39. The number of aryl methyl sites for hydroxylation is 1. The molecule has 1 saturated heterocycles. The van der Waals surface area contributed by atoms with Crippen molar-refractivity contribution in [3.05, 3.63) is 29.8 Å². The van der Waals surface area contributed by atoms with Gasteiger partial charge in [0, 0.05) is 37.1 Å². The topological polar surface area (TPSA) is 29.9 Å². The van der Waals surface area contributed by atoms with Gasteiger partial charge in [0.25, 0.3) is 0 Å². The molecule has 1 fully saturated rings. The van der Waals surface area contributed by atoms with Crippen LogP contribution in [-0.4, -0.2) is 33.6 Å². The van der Waals surface area contributed by atoms with Crippen LogP contribution in [0.5, 0.6) is 0 Å². The number of hydrogen-bond acceptors (Lipinski definition) is 3. The molecule has 108 valence electrons. The van der Waals surface area contributed by atoms with Gasteiger partial charge in [-0.1, -0.05) is 6.92 Å². The molecule has 0 amide bonds. The minimum Gasteiger partial charge on any atom is -0.328 e. The van der Waals surface area contributed by atoms with Gasteiger partial charge < -0.3 is 9.88 Å². The molecule has 3 rings (SSSR count). The van der Waals surface area contributed by atoms with Crippen molar-refractivity contribution in [1.82, 2.24) is 14.9 Å². The summed E-state index contributed by atoms with van der Waals surface area (Å²) < 4.78 is 15.6. The molecule has 0 bridgehead atoms. The van der Waals surface area contributed by atoms with Crippen molar-refractivity contribution in [3.63, 3.8) is 0 Å². The Morgan fingerprint density at radius 1 is 1.50 bits per heavy atom. The van der Waals surface area contributed by atoms with E-state index >= 15 is 0 Å². The minimum atomic E-state index is -0.187. The molecule has 0 spiro atoms. The second kappa shape index (κ2) is 6.14. The van der Waals surface area contributed by atoms with Crippen molar-refractivity contribution in [3.8, 4) is 0 Å². The van der Waals surface area contributed by atoms with Crippen LogP contribution in [0.3, 0.4) is 0 Å². The van der Waals surface area contributed by atoms with Crippen LogP contribution in [0, 0.1) is 5.82 Å². The molecule has 2 aromatic rings. The predicted octanol–water partition coefficient (Wildman–Crippen LogP) is 2.83. The van der Waals surface area contributed by atoms with E-state index in [2.05, 4.69) is 16.8 Å². The fraction of sp³-hybridized carbons (Fsp3) is 0.533. The van der Waals surface area contributed by atoms with E-state index in [1.165, 1.54) is 11.8 Å². The van der Waals surface area contributed by atoms with Crippen LogP contribution < -0.4 is 5.32 Å². The Morgan fingerprint density at radius 2 is 2.40 bits per heavy atom. The van der Waals surface area contributed by atoms with E-state index in [9.17, 15) is 4.39 Å². The van der Waals surface area contributed by atoms with Gasteiger partial charge >= 0.3 is 0 Å². The monoisotopic (exact) mass is 293 g/mol. The van der Waals surface area contributed by atoms with E-state index in [1.54, 1.807) is 12.1 Å². The van der Waals surface area contributed by atoms with Gasteiger partial charge in [-0.2, -0.15) is 11.8 Å². The van der Waals surface area contributed by atoms with Crippen molar-refractivity contribution in [2.75, 3.05) is 18.1 Å². The maximum atomic E-state index is 13.5. The number of hydrogen-bond donors (Lipinski definition) is 1. The number of benzene rings is 1. The summed E-state index contributed by atoms with van der Waals surface area (Å²) in [6.07, 6.45) is 1.95. The zero-order valence-electron chi connectivity index (χ0n) is 11.7. The molecule has 3 nitrogen and oxygen atoms in total. The first-order chi connectivity index (χ1) is 9.78. The van der Waals surface area contributed by atoms with Gasteiger partial charge in [0.05, 0.1) is 11.0 Å². The molecule has 1 unspecified atom stereocenters. The third-order valence-corrected chi connectivity index (χ3v) is 4.79. The van der Waals surface area contributed by atoms with Gasteiger partial charge in [0.2, 0.25) is 0 Å². The molecule has 2 heterocycles. The van der Waals surface area contributed by atoms with Gasteiger partial charge in [-0.3, -0.25) is 0 Å². The van der Waals surface area contributed by atoms with Crippen molar-refractivity contribution in [2.24, 2.45) is 0 Å². The third kappa shape index (κ3) is 2.83. The van der Waals surface area contributed by atoms with Crippen LogP contribution in [0.4, 0.5) is 4.39 Å². The normalized spacial score (nSPS) is 19.6. The smallest absolute Gasteiger partial charge is 0.125 e. The first-order valence-electron chi connectivity index (χ1n) is 7.23. The number of nitrogens with one attached hydrogen (secondary N) is 1. The summed E-state index contributed by atoms with van der Waals surface area (Å²) in [5.41, 5.74) is 1.82. The maximum absolute atomic E-state index is 13.5. The average molecular weight is 293 g/mol. The number of fused-ring (bicyclic) bond motifs is 1. The lowest BCUT2D eigenvalue weighted by Crippen LogP contribution is -2.39. The lowest BCUT2D eigenvalue weighted by Gasteiger charge is -2.23. The highest BCUT2D eigenvalue weighted by atomic mass is 32.2. The molecule has 1 aliphatic heterocycles. The summed E-state index contributed by atoms with van der Waals surface area (Å²) in [5, 5.41) is 3.54. The summed E-state index contributed by atoms with van der Waals surface area (Å²) >= 11 is 1.99. The molecule has 1 N–H and O–H groups in total. The SMILES string of the molecule is CCCn1c(CC2CSCCN2)nc2ccc(F)cc21. The maximum Gasteiger partial charge on any atom is 0.125 e. The number of aromatic nitrogens is 2. The molecule has 1 aromatic heterocycles. The van der Waals surface area contributed by atoms with Crippen LogP contribution in [-0.2, 0) is 13.0 Å². The molecule has 0 aliphatic carbocycles. The van der Waals surface area contributed by atoms with Gasteiger partial charge in [-0.25, -0.2) is 9.37 Å². The van der Waals surface area contributed by atoms with Crippen molar-refractivity contribution >= 4 is 22.8 Å². The highest BCUT2D eigenvalue weighted by Gasteiger charge is 2.18. The van der Waals surface area contributed by atoms with E-state index in [0.717, 1.165) is 48.5 Å². The summed E-state index contributed by atoms with van der Waals surface area (Å²) in [4.78, 5) is 4.71. The van der Waals surface area contributed by atoms with E-state index < -0.39 is 0 Å². The Hall–Kier alpha value is -1.07.